The van der Waals surface area contributed by atoms with Crippen LogP contribution in [0.1, 0.15) is 5.56 Å². The molecule has 0 saturated carbocycles. The highest BCUT2D eigenvalue weighted by Crippen LogP contribution is 2.10. The highest BCUT2D eigenvalue weighted by atomic mass is 16.5. The Hall–Kier alpha value is -1.50. The largest absolute Gasteiger partial charge is 0.374 e. The third-order valence-electron chi connectivity index (χ3n) is 3.32. The van der Waals surface area contributed by atoms with E-state index in [0.29, 0.717) is 0 Å². The van der Waals surface area contributed by atoms with Crippen LogP contribution in [-0.4, -0.2) is 66.6 Å². The fraction of sp³-hybridized carbons (Fsp3) is 0.571. The molecule has 0 aromatic carbocycles. The van der Waals surface area contributed by atoms with Crippen LogP contribution in [0.25, 0.3) is 0 Å². The summed E-state index contributed by atoms with van der Waals surface area (Å²) in [5, 5.41) is 0. The maximum absolute atomic E-state index is 10.9. The van der Waals surface area contributed by atoms with E-state index in [1.807, 2.05) is 36.5 Å². The summed E-state index contributed by atoms with van der Waals surface area (Å²) in [4.78, 5) is 19.2. The van der Waals surface area contributed by atoms with Crippen molar-refractivity contribution < 1.29 is 9.53 Å². The predicted molar refractivity (Wildman–Crippen MR) is 75.9 cm³/mol. The summed E-state index contributed by atoms with van der Waals surface area (Å²) in [6.07, 6.45) is 3.75. The van der Waals surface area contributed by atoms with E-state index in [-0.39, 0.29) is 18.6 Å². The van der Waals surface area contributed by atoms with Crippen LogP contribution in [0.3, 0.4) is 0 Å². The highest BCUT2D eigenvalue weighted by molar-refractivity contribution is 5.75. The lowest BCUT2D eigenvalue weighted by Crippen LogP contribution is -2.47. The van der Waals surface area contributed by atoms with E-state index >= 15 is 0 Å². The van der Waals surface area contributed by atoms with Crippen molar-refractivity contribution in [2.24, 2.45) is 5.73 Å². The monoisotopic (exact) mass is 278 g/mol. The Morgan fingerprint density at radius 3 is 3.00 bits per heavy atom. The van der Waals surface area contributed by atoms with Gasteiger partial charge in [0.2, 0.25) is 5.91 Å². The second-order valence-corrected chi connectivity index (χ2v) is 5.25. The molecule has 20 heavy (non-hydrogen) atoms. The molecule has 6 nitrogen and oxygen atoms in total. The molecule has 1 atom stereocenters. The summed E-state index contributed by atoms with van der Waals surface area (Å²) in [6, 6.07) is 4.06. The molecule has 6 heteroatoms. The van der Waals surface area contributed by atoms with Crippen molar-refractivity contribution >= 4 is 5.91 Å². The van der Waals surface area contributed by atoms with Gasteiger partial charge >= 0.3 is 0 Å². The summed E-state index contributed by atoms with van der Waals surface area (Å²) in [6.45, 7) is 4.41. The van der Waals surface area contributed by atoms with Gasteiger partial charge in [-0.15, -0.1) is 0 Å². The Labute approximate surface area is 119 Å². The third kappa shape index (κ3) is 4.88. The molecule has 1 amide bonds. The normalized spacial score (nSPS) is 20.2. The third-order valence-corrected chi connectivity index (χ3v) is 3.32. The van der Waals surface area contributed by atoms with E-state index in [4.69, 9.17) is 10.5 Å². The van der Waals surface area contributed by atoms with Gasteiger partial charge in [-0.2, -0.15) is 0 Å². The molecule has 1 aromatic rings. The van der Waals surface area contributed by atoms with Crippen molar-refractivity contribution in [3.8, 4) is 0 Å². The number of carbonyl (C=O) groups excluding carboxylic acids is 1. The predicted octanol–water partition coefficient (Wildman–Crippen LogP) is -0.300. The lowest BCUT2D eigenvalue weighted by atomic mass is 10.2. The molecule has 1 aliphatic heterocycles. The van der Waals surface area contributed by atoms with E-state index in [1.165, 1.54) is 5.56 Å². The van der Waals surface area contributed by atoms with Crippen molar-refractivity contribution in [3.63, 3.8) is 0 Å². The first-order valence-corrected chi connectivity index (χ1v) is 6.83. The van der Waals surface area contributed by atoms with Gasteiger partial charge in [-0.25, -0.2) is 0 Å². The average Bonchev–Trinajstić information content (AvgIpc) is 2.39. The van der Waals surface area contributed by atoms with E-state index < -0.39 is 0 Å². The quantitative estimate of drug-likeness (QED) is 0.773. The first kappa shape index (κ1) is 14.9. The van der Waals surface area contributed by atoms with Crippen LogP contribution in [0.5, 0.6) is 0 Å². The molecule has 1 saturated heterocycles. The van der Waals surface area contributed by atoms with Gasteiger partial charge in [-0.1, -0.05) is 0 Å². The minimum Gasteiger partial charge on any atom is -0.374 e. The zero-order chi connectivity index (χ0) is 14.4. The van der Waals surface area contributed by atoms with Crippen molar-refractivity contribution in [2.75, 3.05) is 39.8 Å². The number of morpholine rings is 1. The van der Waals surface area contributed by atoms with Crippen LogP contribution < -0.4 is 5.73 Å². The Balaban J connectivity index is 1.81. The number of aromatic nitrogens is 1. The van der Waals surface area contributed by atoms with E-state index in [0.717, 1.165) is 32.8 Å². The molecular weight excluding hydrogens is 256 g/mol. The molecule has 0 spiro atoms. The highest BCUT2D eigenvalue weighted by Gasteiger charge is 2.22. The molecule has 0 aliphatic carbocycles. The number of hydrogen-bond donors (Lipinski definition) is 1. The van der Waals surface area contributed by atoms with Gasteiger partial charge in [0, 0.05) is 38.6 Å². The smallest absolute Gasteiger partial charge is 0.231 e. The van der Waals surface area contributed by atoms with Gasteiger partial charge in [0.15, 0.2) is 0 Å². The molecule has 110 valence electrons. The van der Waals surface area contributed by atoms with Crippen LogP contribution >= 0.6 is 0 Å². The molecule has 2 N–H and O–H groups in total. The molecule has 1 aliphatic rings. The number of hydrogen-bond acceptors (Lipinski definition) is 5. The number of likely N-dealkylation sites (N-methyl/N-ethyl adjacent to an activating group) is 1. The fourth-order valence-electron chi connectivity index (χ4n) is 2.46. The molecule has 1 unspecified atom stereocenters. The number of carbonyl (C=O) groups is 1. The molecule has 2 heterocycles. The first-order chi connectivity index (χ1) is 9.63. The van der Waals surface area contributed by atoms with Gasteiger partial charge in [0.25, 0.3) is 0 Å². The SMILES string of the molecule is CN(CC(N)=O)CC1CN(Cc2ccncc2)CCO1. The minimum atomic E-state index is -0.308. The van der Waals surface area contributed by atoms with Crippen LogP contribution in [0, 0.1) is 0 Å². The lowest BCUT2D eigenvalue weighted by molar-refractivity contribution is -0.119. The number of amides is 1. The summed E-state index contributed by atoms with van der Waals surface area (Å²) in [5.41, 5.74) is 6.45. The van der Waals surface area contributed by atoms with Crippen LogP contribution in [0.15, 0.2) is 24.5 Å². The second-order valence-electron chi connectivity index (χ2n) is 5.25. The van der Waals surface area contributed by atoms with Crippen molar-refractivity contribution in [2.45, 2.75) is 12.6 Å². The van der Waals surface area contributed by atoms with Crippen LogP contribution in [-0.2, 0) is 16.1 Å². The molecule has 1 aromatic heterocycles. The Kier molecular flexibility index (Phi) is 5.46. The summed E-state index contributed by atoms with van der Waals surface area (Å²) in [5.74, 6) is -0.308. The number of rotatable bonds is 6. The topological polar surface area (TPSA) is 71.7 Å². The number of nitrogens with zero attached hydrogens (tertiary/aromatic N) is 3. The Morgan fingerprint density at radius 2 is 2.30 bits per heavy atom. The summed E-state index contributed by atoms with van der Waals surface area (Å²) >= 11 is 0. The van der Waals surface area contributed by atoms with Crippen molar-refractivity contribution in [1.82, 2.24) is 14.8 Å². The van der Waals surface area contributed by atoms with Crippen molar-refractivity contribution in [3.05, 3.63) is 30.1 Å². The minimum absolute atomic E-state index is 0.120. The zero-order valence-electron chi connectivity index (χ0n) is 11.9. The van der Waals surface area contributed by atoms with Crippen molar-refractivity contribution in [1.29, 1.82) is 0 Å². The van der Waals surface area contributed by atoms with Gasteiger partial charge in [0.1, 0.15) is 0 Å². The summed E-state index contributed by atoms with van der Waals surface area (Å²) in [7, 11) is 1.88. The van der Waals surface area contributed by atoms with Crippen LogP contribution in [0.4, 0.5) is 0 Å². The van der Waals surface area contributed by atoms with Gasteiger partial charge in [-0.3, -0.25) is 19.6 Å². The first-order valence-electron chi connectivity index (χ1n) is 6.83. The molecule has 1 fully saturated rings. The fourth-order valence-corrected chi connectivity index (χ4v) is 2.46. The Morgan fingerprint density at radius 1 is 1.55 bits per heavy atom. The maximum Gasteiger partial charge on any atom is 0.231 e. The average molecular weight is 278 g/mol. The zero-order valence-corrected chi connectivity index (χ0v) is 11.9. The number of pyridine rings is 1. The second kappa shape index (κ2) is 7.33. The Bertz CT molecular complexity index is 426. The number of nitrogens with two attached hydrogens (primary N) is 1. The lowest BCUT2D eigenvalue weighted by Gasteiger charge is -2.34. The summed E-state index contributed by atoms with van der Waals surface area (Å²) < 4.78 is 5.75. The standard InChI is InChI=1S/C14H22N4O2/c1-17(11-14(15)19)9-13-10-18(6-7-20-13)8-12-2-4-16-5-3-12/h2-5,13H,6-11H2,1H3,(H2,15,19). The van der Waals surface area contributed by atoms with E-state index in [1.54, 1.807) is 0 Å². The number of ether oxygens (including phenoxy) is 1. The van der Waals surface area contributed by atoms with E-state index in [9.17, 15) is 4.79 Å². The maximum atomic E-state index is 10.9. The van der Waals surface area contributed by atoms with Gasteiger partial charge in [-0.05, 0) is 24.7 Å². The van der Waals surface area contributed by atoms with Gasteiger partial charge in [0.05, 0.1) is 19.3 Å². The van der Waals surface area contributed by atoms with Gasteiger partial charge < -0.3 is 10.5 Å². The molecule has 2 rings (SSSR count). The molecular formula is C14H22N4O2. The molecule has 0 radical (unpaired) electrons. The van der Waals surface area contributed by atoms with E-state index in [2.05, 4.69) is 9.88 Å². The van der Waals surface area contributed by atoms with Crippen LogP contribution in [0.2, 0.25) is 0 Å². The molecule has 0 bridgehead atoms. The number of primary amides is 1.